The maximum absolute atomic E-state index is 14.6. The summed E-state index contributed by atoms with van der Waals surface area (Å²) in [6.07, 6.45) is 15.6. The molecule has 2 aromatic carbocycles. The molecule has 2 N–H and O–H groups in total. The van der Waals surface area contributed by atoms with Gasteiger partial charge < -0.3 is 29.3 Å². The van der Waals surface area contributed by atoms with Crippen LogP contribution in [-0.2, 0) is 22.6 Å². The van der Waals surface area contributed by atoms with E-state index in [4.69, 9.17) is 24.2 Å². The first-order chi connectivity index (χ1) is 26.0. The molecule has 0 radical (unpaired) electrons. The zero-order valence-electron chi connectivity index (χ0n) is 30.6. The Hall–Kier alpha value is -3.77. The number of hydrogen-bond acceptors (Lipinski definition) is 10. The third kappa shape index (κ3) is 8.96. The van der Waals surface area contributed by atoms with Crippen molar-refractivity contribution in [2.45, 2.75) is 81.9 Å². The summed E-state index contributed by atoms with van der Waals surface area (Å²) in [6.45, 7) is 7.06. The Labute approximate surface area is 316 Å². The summed E-state index contributed by atoms with van der Waals surface area (Å²) >= 11 is 1.79. The molecule has 1 saturated carbocycles. The summed E-state index contributed by atoms with van der Waals surface area (Å²) in [6, 6.07) is 12.6. The highest BCUT2D eigenvalue weighted by atomic mass is 32.2. The van der Waals surface area contributed by atoms with Crippen LogP contribution in [0.3, 0.4) is 0 Å². The summed E-state index contributed by atoms with van der Waals surface area (Å²) in [5, 5.41) is 24.2. The van der Waals surface area contributed by atoms with Crippen molar-refractivity contribution in [1.82, 2.24) is 9.97 Å². The van der Waals surface area contributed by atoms with E-state index in [0.29, 0.717) is 37.4 Å². The highest BCUT2D eigenvalue weighted by molar-refractivity contribution is 8.00. The van der Waals surface area contributed by atoms with Gasteiger partial charge in [-0.05, 0) is 80.0 Å². The lowest BCUT2D eigenvalue weighted by Gasteiger charge is -2.58. The van der Waals surface area contributed by atoms with Crippen molar-refractivity contribution in [3.8, 4) is 11.5 Å². The van der Waals surface area contributed by atoms with Crippen LogP contribution >= 0.6 is 11.8 Å². The van der Waals surface area contributed by atoms with Crippen molar-refractivity contribution >= 4 is 17.5 Å². The van der Waals surface area contributed by atoms with Gasteiger partial charge in [0.05, 0.1) is 29.2 Å². The van der Waals surface area contributed by atoms with Crippen LogP contribution in [0.5, 0.6) is 11.5 Å². The lowest BCUT2D eigenvalue weighted by atomic mass is 9.56. The molecule has 1 aliphatic heterocycles. The molecule has 3 aromatic rings. The summed E-state index contributed by atoms with van der Waals surface area (Å²) in [5.74, 6) is 0.811. The molecule has 2 aliphatic carbocycles. The van der Waals surface area contributed by atoms with E-state index in [1.54, 1.807) is 54.6 Å². The van der Waals surface area contributed by atoms with E-state index in [2.05, 4.69) is 28.7 Å². The second kappa shape index (κ2) is 19.0. The Morgan fingerprint density at radius 3 is 2.68 bits per heavy atom. The predicted molar refractivity (Wildman–Crippen MR) is 206 cm³/mol. The molecule has 9 nitrogen and oxygen atoms in total. The molecule has 1 fully saturated rings. The van der Waals surface area contributed by atoms with Gasteiger partial charge in [-0.25, -0.2) is 4.39 Å². The molecule has 0 amide bonds. The number of thioether (sulfide) groups is 1. The minimum atomic E-state index is -1.06. The van der Waals surface area contributed by atoms with Crippen molar-refractivity contribution in [3.05, 3.63) is 108 Å². The highest BCUT2D eigenvalue weighted by Gasteiger charge is 2.64. The van der Waals surface area contributed by atoms with Gasteiger partial charge in [0.25, 0.3) is 0 Å². The molecule has 6 unspecified atom stereocenters. The minimum Gasteiger partial charge on any atom is -0.489 e. The van der Waals surface area contributed by atoms with Crippen LogP contribution in [-0.4, -0.2) is 69.1 Å². The van der Waals surface area contributed by atoms with E-state index < -0.39 is 5.79 Å². The van der Waals surface area contributed by atoms with Crippen molar-refractivity contribution in [2.24, 2.45) is 22.9 Å². The maximum atomic E-state index is 14.6. The number of hydrogen-bond donors (Lipinski definition) is 2. The van der Waals surface area contributed by atoms with Crippen LogP contribution < -0.4 is 9.47 Å². The lowest BCUT2D eigenvalue weighted by molar-refractivity contribution is -0.223. The number of oxime groups is 1. The van der Waals surface area contributed by atoms with Crippen molar-refractivity contribution in [2.75, 3.05) is 32.2 Å². The average molecular weight is 746 g/mol. The summed E-state index contributed by atoms with van der Waals surface area (Å²) in [7, 11) is 0. The zero-order chi connectivity index (χ0) is 37.0. The average Bonchev–Trinajstić information content (AvgIpc) is 3.18. The van der Waals surface area contributed by atoms with Crippen LogP contribution in [0.4, 0.5) is 4.39 Å². The Morgan fingerprint density at radius 1 is 1.09 bits per heavy atom. The van der Waals surface area contributed by atoms with Gasteiger partial charge in [-0.2, -0.15) is 11.8 Å². The van der Waals surface area contributed by atoms with Crippen molar-refractivity contribution in [3.63, 3.8) is 0 Å². The molecule has 6 rings (SSSR count). The van der Waals surface area contributed by atoms with Gasteiger partial charge in [-0.1, -0.05) is 48.3 Å². The molecule has 0 saturated heterocycles. The van der Waals surface area contributed by atoms with Crippen LogP contribution in [0.15, 0.2) is 90.5 Å². The number of aromatic nitrogens is 2. The van der Waals surface area contributed by atoms with Gasteiger partial charge in [0.15, 0.2) is 0 Å². The third-order valence-electron chi connectivity index (χ3n) is 10.6. The van der Waals surface area contributed by atoms with Crippen LogP contribution in [0.2, 0.25) is 0 Å². The normalized spacial score (nSPS) is 25.2. The first kappa shape index (κ1) is 38.9. The standard InChI is InChI=1S/C42H52FN3O6S/c1-3-22-50-42-39(53-23-17-31-27-44-18-19-45-31)26-37(46-51-4-2)34-24-29(11-7-9-20-47)33(13-8-10-21-48)40(41(34)42)35-25-32(15-16-38(35)52-42)49-28-30-12-5-6-14-36(30)43/h3,5-6,12,14-16,18-19,24-25,27,29,33,39-41,47-48H,1,4,7-11,13,17,20-23,26,28H2,2H3. The number of rotatable bonds is 20. The molecule has 0 spiro atoms. The van der Waals surface area contributed by atoms with E-state index in [9.17, 15) is 14.6 Å². The fourth-order valence-electron chi connectivity index (χ4n) is 8.25. The second-order valence-corrected chi connectivity index (χ2v) is 15.2. The van der Waals surface area contributed by atoms with E-state index >= 15 is 0 Å². The van der Waals surface area contributed by atoms with E-state index in [1.165, 1.54) is 6.07 Å². The minimum absolute atomic E-state index is 0.0615. The van der Waals surface area contributed by atoms with Crippen LogP contribution in [0, 0.1) is 23.6 Å². The van der Waals surface area contributed by atoms with Crippen LogP contribution in [0.25, 0.3) is 0 Å². The van der Waals surface area contributed by atoms with Gasteiger partial charge in [0.2, 0.25) is 5.79 Å². The number of halogens is 1. The number of fused-ring (bicyclic) bond motifs is 2. The molecule has 0 bridgehead atoms. The molecule has 11 heteroatoms. The second-order valence-electron chi connectivity index (χ2n) is 13.9. The Morgan fingerprint density at radius 2 is 1.92 bits per heavy atom. The number of unbranched alkanes of at least 4 members (excludes halogenated alkanes) is 2. The van der Waals surface area contributed by atoms with Crippen molar-refractivity contribution in [1.29, 1.82) is 0 Å². The monoisotopic (exact) mass is 745 g/mol. The van der Waals surface area contributed by atoms with E-state index in [1.807, 2.05) is 19.1 Å². The molecule has 284 valence electrons. The van der Waals surface area contributed by atoms with Gasteiger partial charge in [0, 0.05) is 61.7 Å². The molecular formula is C42H52FN3O6S. The van der Waals surface area contributed by atoms with Crippen LogP contribution in [0.1, 0.15) is 74.6 Å². The molecule has 6 atom stereocenters. The van der Waals surface area contributed by atoms with Gasteiger partial charge >= 0.3 is 0 Å². The number of nitrogens with zero attached hydrogens (tertiary/aromatic N) is 3. The van der Waals surface area contributed by atoms with Gasteiger partial charge in [-0.15, -0.1) is 6.58 Å². The fourth-order valence-corrected chi connectivity index (χ4v) is 9.63. The number of aryl methyl sites for hydroxylation is 1. The highest BCUT2D eigenvalue weighted by Crippen LogP contribution is 2.62. The van der Waals surface area contributed by atoms with Crippen molar-refractivity contribution < 1.29 is 33.7 Å². The molecule has 53 heavy (non-hydrogen) atoms. The SMILES string of the molecule is C=CCOC12Oc3ccc(OCc4ccccc4F)cc3C3C(CCCCO)C(CCCCO)C=C(C(=NOCC)CC1SCCc1cnccn1)C32. The maximum Gasteiger partial charge on any atom is 0.230 e. The molecule has 3 aliphatic rings. The molecule has 2 heterocycles. The topological polar surface area (TPSA) is 116 Å². The molecular weight excluding hydrogens is 694 g/mol. The predicted octanol–water partition coefficient (Wildman–Crippen LogP) is 7.82. The van der Waals surface area contributed by atoms with Gasteiger partial charge in [-0.3, -0.25) is 9.97 Å². The summed E-state index contributed by atoms with van der Waals surface area (Å²) in [5.41, 5.74) is 4.40. The summed E-state index contributed by atoms with van der Waals surface area (Å²) < 4.78 is 35.0. The Bertz CT molecular complexity index is 1710. The number of aliphatic hydroxyl groups excluding tert-OH is 2. The fraction of sp³-hybridized carbons (Fsp3) is 0.500. The first-order valence-electron chi connectivity index (χ1n) is 19.0. The number of ether oxygens (including phenoxy) is 3. The quantitative estimate of drug-likeness (QED) is 0.0679. The molecule has 1 aromatic heterocycles. The van der Waals surface area contributed by atoms with E-state index in [0.717, 1.165) is 72.6 Å². The first-order valence-corrected chi connectivity index (χ1v) is 20.0. The van der Waals surface area contributed by atoms with E-state index in [-0.39, 0.29) is 54.6 Å². The summed E-state index contributed by atoms with van der Waals surface area (Å²) in [4.78, 5) is 14.6. The number of benzene rings is 2. The number of allylic oxidation sites excluding steroid dienone is 1. The Balaban J connectivity index is 1.47. The largest absolute Gasteiger partial charge is 0.489 e. The van der Waals surface area contributed by atoms with Gasteiger partial charge in [0.1, 0.15) is 30.5 Å². The third-order valence-corrected chi connectivity index (χ3v) is 11.9. The lowest BCUT2D eigenvalue weighted by Crippen LogP contribution is -2.64. The Kier molecular flexibility index (Phi) is 14.0. The smallest absolute Gasteiger partial charge is 0.230 e. The number of aliphatic hydroxyl groups is 2. The zero-order valence-corrected chi connectivity index (χ0v) is 31.4.